The van der Waals surface area contributed by atoms with Crippen molar-refractivity contribution in [1.29, 1.82) is 10.5 Å². The van der Waals surface area contributed by atoms with E-state index in [9.17, 15) is 10.5 Å². The van der Waals surface area contributed by atoms with Crippen molar-refractivity contribution in [3.05, 3.63) is 81.2 Å². The van der Waals surface area contributed by atoms with Crippen LogP contribution in [0.4, 0.5) is 0 Å². The molecule has 0 bridgehead atoms. The maximum Gasteiger partial charge on any atom is 0.0991 e. The first-order chi connectivity index (χ1) is 13.7. The third-order valence-corrected chi connectivity index (χ3v) is 5.40. The Morgan fingerprint density at radius 2 is 0.964 bits per heavy atom. The minimum Gasteiger partial charge on any atom is -0.192 e. The number of hydrogen-bond donors (Lipinski definition) is 0. The summed E-state index contributed by atoms with van der Waals surface area (Å²) >= 11 is 0. The molecule has 0 spiro atoms. The van der Waals surface area contributed by atoms with Gasteiger partial charge in [0.2, 0.25) is 0 Å². The summed E-state index contributed by atoms with van der Waals surface area (Å²) in [5, 5.41) is 20.4. The molecule has 0 aliphatic heterocycles. The Labute approximate surface area is 162 Å². The summed E-state index contributed by atoms with van der Waals surface area (Å²) in [7, 11) is 0. The van der Waals surface area contributed by atoms with E-state index in [1.54, 1.807) is 12.1 Å². The maximum atomic E-state index is 9.24. The van der Waals surface area contributed by atoms with Crippen molar-refractivity contribution >= 4 is 11.1 Å². The first kappa shape index (κ1) is 15.7. The van der Waals surface area contributed by atoms with Crippen LogP contribution in [-0.2, 0) is 0 Å². The van der Waals surface area contributed by atoms with Gasteiger partial charge in [-0.2, -0.15) is 10.5 Å². The van der Waals surface area contributed by atoms with Gasteiger partial charge in [-0.15, -0.1) is 12.8 Å². The average molecular weight is 350 g/mol. The third-order valence-electron chi connectivity index (χ3n) is 5.40. The molecule has 2 heteroatoms. The van der Waals surface area contributed by atoms with Crippen molar-refractivity contribution in [2.45, 2.75) is 0 Å². The van der Waals surface area contributed by atoms with E-state index in [4.69, 9.17) is 12.8 Å². The molecule has 3 aromatic carbocycles. The van der Waals surface area contributed by atoms with E-state index in [0.717, 1.165) is 55.0 Å². The van der Waals surface area contributed by atoms with Gasteiger partial charge < -0.3 is 0 Å². The molecular formula is C26H10N2. The van der Waals surface area contributed by atoms with Gasteiger partial charge >= 0.3 is 0 Å². The Kier molecular flexibility index (Phi) is 3.09. The zero-order valence-corrected chi connectivity index (χ0v) is 14.7. The van der Waals surface area contributed by atoms with Gasteiger partial charge in [-0.1, -0.05) is 24.0 Å². The summed E-state index contributed by atoms with van der Waals surface area (Å²) < 4.78 is 0. The van der Waals surface area contributed by atoms with Crippen molar-refractivity contribution in [3.63, 3.8) is 0 Å². The van der Waals surface area contributed by atoms with Crippen LogP contribution >= 0.6 is 0 Å². The molecule has 0 amide bonds. The van der Waals surface area contributed by atoms with Crippen molar-refractivity contribution in [2.75, 3.05) is 0 Å². The predicted octanol–water partition coefficient (Wildman–Crippen LogP) is 3.06. The van der Waals surface area contributed by atoms with Gasteiger partial charge in [0.25, 0.3) is 0 Å². The minimum atomic E-state index is 0.581. The van der Waals surface area contributed by atoms with Crippen molar-refractivity contribution < 1.29 is 0 Å². The van der Waals surface area contributed by atoms with Gasteiger partial charge in [0.15, 0.2) is 0 Å². The van der Waals surface area contributed by atoms with E-state index in [2.05, 4.69) is 36.1 Å². The van der Waals surface area contributed by atoms with Gasteiger partial charge in [0.05, 0.1) is 23.3 Å². The second kappa shape index (κ2) is 5.50. The Bertz CT molecular complexity index is 1420. The van der Waals surface area contributed by atoms with Crippen LogP contribution in [0.2, 0.25) is 0 Å². The lowest BCUT2D eigenvalue weighted by atomic mass is 9.99. The molecule has 0 unspecified atom stereocenters. The molecule has 0 aromatic heterocycles. The highest BCUT2D eigenvalue weighted by atomic mass is 14.3. The van der Waals surface area contributed by atoms with Crippen molar-refractivity contribution in [3.8, 4) is 59.1 Å². The van der Waals surface area contributed by atoms with Gasteiger partial charge in [-0.3, -0.25) is 0 Å². The fourth-order valence-corrected chi connectivity index (χ4v) is 4.17. The van der Waals surface area contributed by atoms with E-state index < -0.39 is 0 Å². The number of benzene rings is 3. The quantitative estimate of drug-likeness (QED) is 0.585. The van der Waals surface area contributed by atoms with E-state index in [1.165, 1.54) is 0 Å². The Morgan fingerprint density at radius 3 is 1.32 bits per heavy atom. The minimum absolute atomic E-state index is 0.581. The van der Waals surface area contributed by atoms with Gasteiger partial charge in [0, 0.05) is 11.1 Å². The lowest BCUT2D eigenvalue weighted by Gasteiger charge is -2.04. The largest absolute Gasteiger partial charge is 0.192 e. The second-order valence-corrected chi connectivity index (χ2v) is 6.73. The maximum absolute atomic E-state index is 9.24. The van der Waals surface area contributed by atoms with Gasteiger partial charge in [-0.05, 0) is 80.2 Å². The summed E-state index contributed by atoms with van der Waals surface area (Å²) in [4.78, 5) is 0. The smallest absolute Gasteiger partial charge is 0.0991 e. The summed E-state index contributed by atoms with van der Waals surface area (Å²) in [6.07, 6.45) is 11.7. The van der Waals surface area contributed by atoms with E-state index in [1.807, 2.05) is 24.3 Å². The molecule has 28 heavy (non-hydrogen) atoms. The molecule has 2 aliphatic carbocycles. The molecule has 2 aliphatic rings. The molecule has 2 nitrogen and oxygen atoms in total. The normalized spacial score (nSPS) is 12.0. The highest BCUT2D eigenvalue weighted by Crippen LogP contribution is 2.36. The number of nitrogens with zero attached hydrogens (tertiary/aromatic N) is 2. The molecule has 0 radical (unpaired) electrons. The number of nitriles is 2. The highest BCUT2D eigenvalue weighted by molar-refractivity contribution is 6.00. The van der Waals surface area contributed by atoms with Gasteiger partial charge in [0.1, 0.15) is 0 Å². The standard InChI is InChI=1S/C26H10N2/c1-3-17-21-9-15(13-27)5-7-19(21)25-12-24-18(4-2)22-10-16(14-28)6-8-20(22)26(24)11-23(17)25/h1-2,5-12H. The predicted molar refractivity (Wildman–Crippen MR) is 109 cm³/mol. The zero-order valence-electron chi connectivity index (χ0n) is 14.7. The molecule has 0 N–H and O–H groups in total. The second-order valence-electron chi connectivity index (χ2n) is 6.73. The number of rotatable bonds is 0. The van der Waals surface area contributed by atoms with Crippen LogP contribution in [0.1, 0.15) is 22.3 Å². The molecule has 3 aromatic rings. The van der Waals surface area contributed by atoms with E-state index in [0.29, 0.717) is 11.1 Å². The fraction of sp³-hybridized carbons (Fsp3) is 0. The lowest BCUT2D eigenvalue weighted by molar-refractivity contribution is 1.48. The van der Waals surface area contributed by atoms with Crippen LogP contribution < -0.4 is 10.4 Å². The number of hydrogen-bond acceptors (Lipinski definition) is 2. The first-order valence-electron chi connectivity index (χ1n) is 8.66. The third kappa shape index (κ3) is 1.87. The molecular weight excluding hydrogens is 340 g/mol. The number of fused-ring (bicyclic) bond motifs is 6. The van der Waals surface area contributed by atoms with Crippen LogP contribution in [0.25, 0.3) is 33.4 Å². The van der Waals surface area contributed by atoms with Gasteiger partial charge in [-0.25, -0.2) is 0 Å². The van der Waals surface area contributed by atoms with Crippen molar-refractivity contribution in [2.24, 2.45) is 0 Å². The molecule has 124 valence electrons. The average Bonchev–Trinajstić information content (AvgIpc) is 3.22. The molecule has 0 fully saturated rings. The Hall–Kier alpha value is -4.50. The summed E-state index contributed by atoms with van der Waals surface area (Å²) in [5.41, 5.74) is 8.60. The monoisotopic (exact) mass is 350 g/mol. The van der Waals surface area contributed by atoms with E-state index in [-0.39, 0.29) is 0 Å². The first-order valence-corrected chi connectivity index (χ1v) is 8.66. The van der Waals surface area contributed by atoms with Crippen LogP contribution in [0.3, 0.4) is 0 Å². The summed E-state index contributed by atoms with van der Waals surface area (Å²) in [6.45, 7) is 0. The fourth-order valence-electron chi connectivity index (χ4n) is 4.17. The SMILES string of the molecule is C#CC1=c2cc3c(cc2-c2ccc(C#N)cc21)=C(C#C)c1cc(C#N)ccc1-3. The van der Waals surface area contributed by atoms with Crippen LogP contribution in [0.5, 0.6) is 0 Å². The Morgan fingerprint density at radius 1 is 0.536 bits per heavy atom. The van der Waals surface area contributed by atoms with Crippen LogP contribution in [0, 0.1) is 47.3 Å². The van der Waals surface area contributed by atoms with Crippen LogP contribution in [0.15, 0.2) is 48.5 Å². The highest BCUT2D eigenvalue weighted by Gasteiger charge is 2.25. The molecule has 0 atom stereocenters. The molecule has 0 heterocycles. The topological polar surface area (TPSA) is 47.6 Å². The molecule has 0 saturated heterocycles. The van der Waals surface area contributed by atoms with Crippen LogP contribution in [-0.4, -0.2) is 0 Å². The van der Waals surface area contributed by atoms with Crippen molar-refractivity contribution in [1.82, 2.24) is 0 Å². The summed E-state index contributed by atoms with van der Waals surface area (Å²) in [6, 6.07) is 19.7. The number of terminal acetylenes is 2. The Balaban J connectivity index is 1.92. The van der Waals surface area contributed by atoms with E-state index >= 15 is 0 Å². The summed E-state index contributed by atoms with van der Waals surface area (Å²) in [5.74, 6) is 5.61. The lowest BCUT2D eigenvalue weighted by Crippen LogP contribution is -2.13. The molecule has 0 saturated carbocycles. The molecule has 5 rings (SSSR count). The zero-order chi connectivity index (χ0) is 19.4.